The second-order valence-corrected chi connectivity index (χ2v) is 6.90. The molecule has 0 radical (unpaired) electrons. The monoisotopic (exact) mass is 344 g/mol. The summed E-state index contributed by atoms with van der Waals surface area (Å²) in [7, 11) is 0. The van der Waals surface area contributed by atoms with E-state index in [1.165, 1.54) is 22.4 Å². The van der Waals surface area contributed by atoms with Gasteiger partial charge >= 0.3 is 0 Å². The van der Waals surface area contributed by atoms with Crippen LogP contribution in [-0.2, 0) is 6.54 Å². The SMILES string of the molecule is Cc1ccc(N2CCN=C2C(Cn2ccnc2)c2ccccc2)c(C)c1. The maximum Gasteiger partial charge on any atom is 0.113 e. The molecule has 3 aromatic rings. The van der Waals surface area contributed by atoms with Crippen molar-refractivity contribution in [2.24, 2.45) is 4.99 Å². The van der Waals surface area contributed by atoms with E-state index in [2.05, 4.69) is 76.8 Å². The summed E-state index contributed by atoms with van der Waals surface area (Å²) < 4.78 is 2.14. The summed E-state index contributed by atoms with van der Waals surface area (Å²) in [5.41, 5.74) is 5.14. The van der Waals surface area contributed by atoms with Crippen LogP contribution >= 0.6 is 0 Å². The lowest BCUT2D eigenvalue weighted by Gasteiger charge is -2.28. The molecule has 0 aliphatic carbocycles. The van der Waals surface area contributed by atoms with Crippen molar-refractivity contribution in [1.82, 2.24) is 9.55 Å². The Bertz CT molecular complexity index is 897. The predicted octanol–water partition coefficient (Wildman–Crippen LogP) is 4.20. The lowest BCUT2D eigenvalue weighted by Crippen LogP contribution is -2.34. The molecule has 4 heteroatoms. The average molecular weight is 344 g/mol. The van der Waals surface area contributed by atoms with Gasteiger partial charge in [0.05, 0.1) is 18.8 Å². The van der Waals surface area contributed by atoms with Crippen LogP contribution in [0.15, 0.2) is 72.2 Å². The first-order chi connectivity index (χ1) is 12.7. The number of hydrogen-bond acceptors (Lipinski definition) is 3. The first-order valence-electron chi connectivity index (χ1n) is 9.12. The lowest BCUT2D eigenvalue weighted by molar-refractivity contribution is 0.654. The number of anilines is 1. The zero-order valence-electron chi connectivity index (χ0n) is 15.3. The van der Waals surface area contributed by atoms with Gasteiger partial charge in [0.25, 0.3) is 0 Å². The molecule has 1 unspecified atom stereocenters. The second-order valence-electron chi connectivity index (χ2n) is 6.90. The number of benzene rings is 2. The van der Waals surface area contributed by atoms with Crippen molar-refractivity contribution in [3.05, 3.63) is 83.9 Å². The van der Waals surface area contributed by atoms with Crippen LogP contribution in [0, 0.1) is 13.8 Å². The molecule has 1 atom stereocenters. The summed E-state index contributed by atoms with van der Waals surface area (Å²) in [6, 6.07) is 17.3. The van der Waals surface area contributed by atoms with Gasteiger partial charge < -0.3 is 9.47 Å². The maximum atomic E-state index is 4.92. The van der Waals surface area contributed by atoms with E-state index in [-0.39, 0.29) is 5.92 Å². The Kier molecular flexibility index (Phi) is 4.57. The lowest BCUT2D eigenvalue weighted by atomic mass is 9.96. The molecule has 2 heterocycles. The van der Waals surface area contributed by atoms with Crippen molar-refractivity contribution >= 4 is 11.5 Å². The van der Waals surface area contributed by atoms with Crippen LogP contribution in [-0.4, -0.2) is 28.5 Å². The molecule has 132 valence electrons. The van der Waals surface area contributed by atoms with Crippen LogP contribution in [0.1, 0.15) is 22.6 Å². The molecule has 0 bridgehead atoms. The third-order valence-electron chi connectivity index (χ3n) is 4.98. The number of nitrogens with zero attached hydrogens (tertiary/aromatic N) is 4. The molecule has 0 amide bonds. The van der Waals surface area contributed by atoms with Gasteiger partial charge in [-0.1, -0.05) is 48.0 Å². The van der Waals surface area contributed by atoms with Crippen molar-refractivity contribution in [3.8, 4) is 0 Å². The van der Waals surface area contributed by atoms with E-state index in [1.54, 1.807) is 0 Å². The van der Waals surface area contributed by atoms with E-state index in [0.29, 0.717) is 0 Å². The highest BCUT2D eigenvalue weighted by atomic mass is 15.3. The summed E-state index contributed by atoms with van der Waals surface area (Å²) in [5.74, 6) is 1.35. The third-order valence-corrected chi connectivity index (χ3v) is 4.98. The Labute approximate surface area is 154 Å². The number of imidazole rings is 1. The van der Waals surface area contributed by atoms with Crippen molar-refractivity contribution in [2.45, 2.75) is 26.3 Å². The van der Waals surface area contributed by atoms with Gasteiger partial charge in [-0.2, -0.15) is 0 Å². The number of aryl methyl sites for hydroxylation is 2. The molecule has 1 aliphatic heterocycles. The number of rotatable bonds is 5. The van der Waals surface area contributed by atoms with E-state index < -0.39 is 0 Å². The van der Waals surface area contributed by atoms with Gasteiger partial charge in [0.2, 0.25) is 0 Å². The van der Waals surface area contributed by atoms with Gasteiger partial charge in [-0.25, -0.2) is 4.98 Å². The Balaban J connectivity index is 1.72. The first kappa shape index (κ1) is 16.6. The molecule has 0 saturated carbocycles. The minimum absolute atomic E-state index is 0.202. The molecule has 2 aromatic carbocycles. The standard InChI is InChI=1S/C22H24N4/c1-17-8-9-21(18(2)14-17)26-13-11-24-22(26)20(15-25-12-10-23-16-25)19-6-4-3-5-7-19/h3-10,12,14,16,20H,11,13,15H2,1-2H3. The topological polar surface area (TPSA) is 33.4 Å². The average Bonchev–Trinajstić information content (AvgIpc) is 3.32. The van der Waals surface area contributed by atoms with E-state index in [4.69, 9.17) is 4.99 Å². The predicted molar refractivity (Wildman–Crippen MR) is 107 cm³/mol. The molecule has 0 fully saturated rings. The number of aromatic nitrogens is 2. The van der Waals surface area contributed by atoms with Gasteiger partial charge in [0.15, 0.2) is 0 Å². The van der Waals surface area contributed by atoms with E-state index in [1.807, 2.05) is 18.7 Å². The highest BCUT2D eigenvalue weighted by molar-refractivity contribution is 6.04. The van der Waals surface area contributed by atoms with Crippen molar-refractivity contribution in [2.75, 3.05) is 18.0 Å². The first-order valence-corrected chi connectivity index (χ1v) is 9.12. The maximum absolute atomic E-state index is 4.92. The molecular formula is C22H24N4. The van der Waals surface area contributed by atoms with Gasteiger partial charge in [0, 0.05) is 31.2 Å². The van der Waals surface area contributed by atoms with Crippen LogP contribution in [0.25, 0.3) is 0 Å². The van der Waals surface area contributed by atoms with E-state index in [0.717, 1.165) is 25.5 Å². The minimum Gasteiger partial charge on any atom is -0.336 e. The summed E-state index contributed by atoms with van der Waals surface area (Å²) >= 11 is 0. The van der Waals surface area contributed by atoms with Gasteiger partial charge in [0.1, 0.15) is 5.84 Å². The summed E-state index contributed by atoms with van der Waals surface area (Å²) in [5, 5.41) is 0. The highest BCUT2D eigenvalue weighted by Crippen LogP contribution is 2.30. The molecule has 0 N–H and O–H groups in total. The van der Waals surface area contributed by atoms with Crippen LogP contribution in [0.4, 0.5) is 5.69 Å². The summed E-state index contributed by atoms with van der Waals surface area (Å²) in [6.45, 7) is 6.94. The molecule has 1 aromatic heterocycles. The Morgan fingerprint density at radius 2 is 1.92 bits per heavy atom. The summed E-state index contributed by atoms with van der Waals surface area (Å²) in [4.78, 5) is 11.5. The molecule has 1 aliphatic rings. The van der Waals surface area contributed by atoms with Crippen molar-refractivity contribution in [1.29, 1.82) is 0 Å². The van der Waals surface area contributed by atoms with Gasteiger partial charge in [-0.15, -0.1) is 0 Å². The van der Waals surface area contributed by atoms with Gasteiger partial charge in [-0.3, -0.25) is 4.99 Å². The molecule has 0 saturated heterocycles. The number of amidine groups is 1. The largest absolute Gasteiger partial charge is 0.336 e. The number of aliphatic imine (C=N–C) groups is 1. The summed E-state index contributed by atoms with van der Waals surface area (Å²) in [6.07, 6.45) is 5.74. The van der Waals surface area contributed by atoms with Gasteiger partial charge in [-0.05, 0) is 31.0 Å². The molecule has 4 nitrogen and oxygen atoms in total. The zero-order valence-corrected chi connectivity index (χ0v) is 15.3. The minimum atomic E-state index is 0.202. The fraction of sp³-hybridized carbons (Fsp3) is 0.273. The van der Waals surface area contributed by atoms with Crippen LogP contribution < -0.4 is 4.90 Å². The van der Waals surface area contributed by atoms with Crippen molar-refractivity contribution in [3.63, 3.8) is 0 Å². The fourth-order valence-corrected chi connectivity index (χ4v) is 3.74. The quantitative estimate of drug-likeness (QED) is 0.695. The van der Waals surface area contributed by atoms with Crippen LogP contribution in [0.3, 0.4) is 0 Å². The Hall–Kier alpha value is -2.88. The van der Waals surface area contributed by atoms with Crippen LogP contribution in [0.5, 0.6) is 0 Å². The molecule has 0 spiro atoms. The molecule has 4 rings (SSSR count). The normalized spacial score (nSPS) is 15.2. The van der Waals surface area contributed by atoms with E-state index >= 15 is 0 Å². The third kappa shape index (κ3) is 3.27. The Morgan fingerprint density at radius 3 is 2.65 bits per heavy atom. The molecule has 26 heavy (non-hydrogen) atoms. The Morgan fingerprint density at radius 1 is 1.08 bits per heavy atom. The number of hydrogen-bond donors (Lipinski definition) is 0. The van der Waals surface area contributed by atoms with Crippen LogP contribution in [0.2, 0.25) is 0 Å². The second kappa shape index (κ2) is 7.16. The fourth-order valence-electron chi connectivity index (χ4n) is 3.74. The highest BCUT2D eigenvalue weighted by Gasteiger charge is 2.29. The van der Waals surface area contributed by atoms with E-state index in [9.17, 15) is 0 Å². The molecular weight excluding hydrogens is 320 g/mol. The zero-order chi connectivity index (χ0) is 17.9. The smallest absolute Gasteiger partial charge is 0.113 e. The van der Waals surface area contributed by atoms with Crippen molar-refractivity contribution < 1.29 is 0 Å².